The molecular formula is C12H13BrN2O. The molecule has 4 heteroatoms. The van der Waals surface area contributed by atoms with Crippen molar-refractivity contribution in [3.63, 3.8) is 0 Å². The second-order valence-corrected chi connectivity index (χ2v) is 4.43. The summed E-state index contributed by atoms with van der Waals surface area (Å²) < 4.78 is 2.86. The van der Waals surface area contributed by atoms with E-state index in [0.29, 0.717) is 0 Å². The van der Waals surface area contributed by atoms with Crippen molar-refractivity contribution in [3.05, 3.63) is 46.7 Å². The molecule has 1 heterocycles. The molecule has 3 nitrogen and oxygen atoms in total. The Morgan fingerprint density at radius 3 is 2.88 bits per heavy atom. The highest BCUT2D eigenvalue weighted by Gasteiger charge is 2.03. The van der Waals surface area contributed by atoms with E-state index >= 15 is 0 Å². The van der Waals surface area contributed by atoms with E-state index in [4.69, 9.17) is 5.11 Å². The first-order valence-electron chi connectivity index (χ1n) is 5.20. The van der Waals surface area contributed by atoms with Crippen molar-refractivity contribution < 1.29 is 5.11 Å². The van der Waals surface area contributed by atoms with E-state index < -0.39 is 0 Å². The van der Waals surface area contributed by atoms with E-state index in [0.717, 1.165) is 28.6 Å². The van der Waals surface area contributed by atoms with Crippen LogP contribution in [0.25, 0.3) is 5.69 Å². The molecule has 2 rings (SSSR count). The first-order chi connectivity index (χ1) is 7.81. The Balaban J connectivity index is 2.22. The van der Waals surface area contributed by atoms with E-state index in [-0.39, 0.29) is 6.61 Å². The second-order valence-electron chi connectivity index (χ2n) is 3.57. The van der Waals surface area contributed by atoms with Gasteiger partial charge in [-0.2, -0.15) is 5.10 Å². The summed E-state index contributed by atoms with van der Waals surface area (Å²) in [6, 6.07) is 7.95. The van der Waals surface area contributed by atoms with Crippen LogP contribution >= 0.6 is 15.9 Å². The molecule has 0 spiro atoms. The van der Waals surface area contributed by atoms with Crippen LogP contribution in [0.1, 0.15) is 12.0 Å². The molecule has 0 unspecified atom stereocenters. The van der Waals surface area contributed by atoms with E-state index in [1.807, 2.05) is 41.3 Å². The van der Waals surface area contributed by atoms with Crippen LogP contribution in [0.3, 0.4) is 0 Å². The lowest BCUT2D eigenvalue weighted by atomic mass is 10.2. The minimum atomic E-state index is 0.222. The topological polar surface area (TPSA) is 38.1 Å². The summed E-state index contributed by atoms with van der Waals surface area (Å²) in [4.78, 5) is 0. The molecule has 1 aromatic heterocycles. The summed E-state index contributed by atoms with van der Waals surface area (Å²) in [5, 5.41) is 13.1. The van der Waals surface area contributed by atoms with Gasteiger partial charge in [0.05, 0.1) is 11.9 Å². The Morgan fingerprint density at radius 2 is 2.12 bits per heavy atom. The lowest BCUT2D eigenvalue weighted by molar-refractivity contribution is 0.288. The van der Waals surface area contributed by atoms with Crippen molar-refractivity contribution in [2.45, 2.75) is 12.8 Å². The van der Waals surface area contributed by atoms with Crippen LogP contribution in [0, 0.1) is 0 Å². The number of aryl methyl sites for hydroxylation is 1. The molecule has 0 saturated carbocycles. The molecule has 0 saturated heterocycles. The molecule has 0 aliphatic rings. The van der Waals surface area contributed by atoms with Crippen LogP contribution in [0.2, 0.25) is 0 Å². The largest absolute Gasteiger partial charge is 0.396 e. The summed E-state index contributed by atoms with van der Waals surface area (Å²) >= 11 is 3.49. The van der Waals surface area contributed by atoms with Gasteiger partial charge in [-0.3, -0.25) is 0 Å². The number of aliphatic hydroxyl groups is 1. The minimum Gasteiger partial charge on any atom is -0.396 e. The van der Waals surface area contributed by atoms with Gasteiger partial charge in [0.25, 0.3) is 0 Å². The third-order valence-corrected chi connectivity index (χ3v) is 3.03. The van der Waals surface area contributed by atoms with Gasteiger partial charge in [-0.25, -0.2) is 4.68 Å². The number of hydrogen-bond donors (Lipinski definition) is 1. The van der Waals surface area contributed by atoms with Crippen molar-refractivity contribution in [2.75, 3.05) is 6.61 Å². The number of aliphatic hydroxyl groups excluding tert-OH is 1. The van der Waals surface area contributed by atoms with Gasteiger partial charge in [-0.05, 0) is 46.5 Å². The predicted octanol–water partition coefficient (Wildman–Crippen LogP) is 2.56. The normalized spacial score (nSPS) is 10.6. The molecule has 0 aliphatic carbocycles. The van der Waals surface area contributed by atoms with Gasteiger partial charge in [0.1, 0.15) is 0 Å². The fourth-order valence-electron chi connectivity index (χ4n) is 1.54. The van der Waals surface area contributed by atoms with Crippen molar-refractivity contribution in [1.82, 2.24) is 9.78 Å². The highest BCUT2D eigenvalue weighted by atomic mass is 79.9. The van der Waals surface area contributed by atoms with E-state index in [1.165, 1.54) is 0 Å². The molecule has 1 aromatic carbocycles. The third-order valence-electron chi connectivity index (χ3n) is 2.36. The zero-order valence-electron chi connectivity index (χ0n) is 8.81. The van der Waals surface area contributed by atoms with Crippen LogP contribution in [-0.2, 0) is 6.42 Å². The molecule has 0 radical (unpaired) electrons. The van der Waals surface area contributed by atoms with Crippen molar-refractivity contribution in [1.29, 1.82) is 0 Å². The molecule has 16 heavy (non-hydrogen) atoms. The average Bonchev–Trinajstić information content (AvgIpc) is 2.75. The molecule has 0 bridgehead atoms. The van der Waals surface area contributed by atoms with Gasteiger partial charge in [0.2, 0.25) is 0 Å². The Labute approximate surface area is 103 Å². The number of aromatic nitrogens is 2. The zero-order chi connectivity index (χ0) is 11.4. The molecule has 2 aromatic rings. The quantitative estimate of drug-likeness (QED) is 0.935. The van der Waals surface area contributed by atoms with Gasteiger partial charge in [0, 0.05) is 17.3 Å². The monoisotopic (exact) mass is 280 g/mol. The standard InChI is InChI=1S/C12H13BrN2O/c13-11-5-1-2-6-12(11)15-9-10(8-14-15)4-3-7-16/h1-2,5-6,8-9,16H,3-4,7H2. The van der Waals surface area contributed by atoms with Crippen molar-refractivity contribution >= 4 is 15.9 Å². The summed E-state index contributed by atoms with van der Waals surface area (Å²) in [5.41, 5.74) is 2.17. The smallest absolute Gasteiger partial charge is 0.0787 e. The van der Waals surface area contributed by atoms with E-state index in [9.17, 15) is 0 Å². The van der Waals surface area contributed by atoms with E-state index in [1.54, 1.807) is 0 Å². The number of hydrogen-bond acceptors (Lipinski definition) is 2. The predicted molar refractivity (Wildman–Crippen MR) is 66.7 cm³/mol. The number of benzene rings is 1. The van der Waals surface area contributed by atoms with Crippen LogP contribution < -0.4 is 0 Å². The molecular weight excluding hydrogens is 268 g/mol. The first-order valence-corrected chi connectivity index (χ1v) is 6.00. The lowest BCUT2D eigenvalue weighted by Gasteiger charge is -2.02. The third kappa shape index (κ3) is 2.51. The Morgan fingerprint density at radius 1 is 1.31 bits per heavy atom. The number of nitrogens with zero attached hydrogens (tertiary/aromatic N) is 2. The SMILES string of the molecule is OCCCc1cnn(-c2ccccc2Br)c1. The number of halogens is 1. The average molecular weight is 281 g/mol. The second kappa shape index (κ2) is 5.27. The summed E-state index contributed by atoms with van der Waals surface area (Å²) in [7, 11) is 0. The fraction of sp³-hybridized carbons (Fsp3) is 0.250. The summed E-state index contributed by atoms with van der Waals surface area (Å²) in [5.74, 6) is 0. The maximum absolute atomic E-state index is 8.76. The molecule has 0 amide bonds. The fourth-order valence-corrected chi connectivity index (χ4v) is 2.01. The Bertz CT molecular complexity index is 468. The summed E-state index contributed by atoms with van der Waals surface area (Å²) in [6.45, 7) is 0.222. The summed E-state index contributed by atoms with van der Waals surface area (Å²) in [6.07, 6.45) is 5.48. The number of para-hydroxylation sites is 1. The highest BCUT2D eigenvalue weighted by molar-refractivity contribution is 9.10. The van der Waals surface area contributed by atoms with Crippen LogP contribution in [-0.4, -0.2) is 21.5 Å². The van der Waals surface area contributed by atoms with Crippen LogP contribution in [0.4, 0.5) is 0 Å². The molecule has 0 aliphatic heterocycles. The van der Waals surface area contributed by atoms with Gasteiger partial charge < -0.3 is 5.11 Å². The Kier molecular flexibility index (Phi) is 3.74. The van der Waals surface area contributed by atoms with E-state index in [2.05, 4.69) is 21.0 Å². The van der Waals surface area contributed by atoms with Gasteiger partial charge in [-0.1, -0.05) is 12.1 Å². The van der Waals surface area contributed by atoms with Gasteiger partial charge in [-0.15, -0.1) is 0 Å². The molecule has 0 fully saturated rings. The lowest BCUT2D eigenvalue weighted by Crippen LogP contribution is -1.94. The first kappa shape index (κ1) is 11.4. The molecule has 0 atom stereocenters. The van der Waals surface area contributed by atoms with Gasteiger partial charge in [0.15, 0.2) is 0 Å². The van der Waals surface area contributed by atoms with Crippen molar-refractivity contribution in [3.8, 4) is 5.69 Å². The maximum Gasteiger partial charge on any atom is 0.0787 e. The van der Waals surface area contributed by atoms with Crippen LogP contribution in [0.15, 0.2) is 41.1 Å². The number of rotatable bonds is 4. The van der Waals surface area contributed by atoms with Crippen molar-refractivity contribution in [2.24, 2.45) is 0 Å². The highest BCUT2D eigenvalue weighted by Crippen LogP contribution is 2.20. The van der Waals surface area contributed by atoms with Gasteiger partial charge >= 0.3 is 0 Å². The minimum absolute atomic E-state index is 0.222. The maximum atomic E-state index is 8.76. The molecule has 1 N–H and O–H groups in total. The zero-order valence-corrected chi connectivity index (χ0v) is 10.4. The Hall–Kier alpha value is -1.13. The van der Waals surface area contributed by atoms with Crippen LogP contribution in [0.5, 0.6) is 0 Å². The molecule has 84 valence electrons.